The van der Waals surface area contributed by atoms with Crippen molar-refractivity contribution in [1.29, 1.82) is 0 Å². The van der Waals surface area contributed by atoms with Gasteiger partial charge in [0.25, 0.3) is 5.91 Å². The predicted octanol–water partition coefficient (Wildman–Crippen LogP) is 4.26. The van der Waals surface area contributed by atoms with Gasteiger partial charge in [0.1, 0.15) is 5.69 Å². The van der Waals surface area contributed by atoms with E-state index in [2.05, 4.69) is 10.3 Å². The third-order valence-corrected chi connectivity index (χ3v) is 4.82. The lowest BCUT2D eigenvalue weighted by atomic mass is 10.2. The number of nitrogens with one attached hydrogen (secondary N) is 1. The number of rotatable bonds is 7. The summed E-state index contributed by atoms with van der Waals surface area (Å²) in [6.45, 7) is 5.21. The van der Waals surface area contributed by atoms with E-state index in [0.29, 0.717) is 23.9 Å². The van der Waals surface area contributed by atoms with Crippen LogP contribution in [0.25, 0.3) is 16.2 Å². The fourth-order valence-electron chi connectivity index (χ4n) is 2.43. The highest BCUT2D eigenvalue weighted by Crippen LogP contribution is 2.28. The van der Waals surface area contributed by atoms with Crippen LogP contribution in [0.2, 0.25) is 5.02 Å². The number of aromatic nitrogens is 2. The highest BCUT2D eigenvalue weighted by Gasteiger charge is 2.15. The highest BCUT2D eigenvalue weighted by molar-refractivity contribution is 7.15. The van der Waals surface area contributed by atoms with Crippen molar-refractivity contribution < 1.29 is 9.53 Å². The van der Waals surface area contributed by atoms with Crippen LogP contribution in [0.15, 0.2) is 35.8 Å². The number of nitrogens with zero attached hydrogens (tertiary/aromatic N) is 2. The molecule has 0 aliphatic carbocycles. The molecule has 1 N–H and O–H groups in total. The van der Waals surface area contributed by atoms with Crippen LogP contribution in [0, 0.1) is 0 Å². The van der Waals surface area contributed by atoms with E-state index >= 15 is 0 Å². The number of hydrogen-bond donors (Lipinski definition) is 1. The Bertz CT molecular complexity index is 872. The fourth-order valence-corrected chi connectivity index (χ4v) is 3.52. The van der Waals surface area contributed by atoms with E-state index in [0.717, 1.165) is 22.6 Å². The molecule has 2 heterocycles. The van der Waals surface area contributed by atoms with Crippen molar-refractivity contribution in [3.05, 3.63) is 46.6 Å². The highest BCUT2D eigenvalue weighted by atomic mass is 35.5. The summed E-state index contributed by atoms with van der Waals surface area (Å²) in [4.78, 5) is 17.7. The first-order valence-electron chi connectivity index (χ1n) is 8.17. The van der Waals surface area contributed by atoms with Gasteiger partial charge in [-0.15, -0.1) is 11.3 Å². The summed E-state index contributed by atoms with van der Waals surface area (Å²) in [6, 6.07) is 7.55. The molecule has 1 aromatic carbocycles. The fraction of sp³-hybridized carbons (Fsp3) is 0.333. The smallest absolute Gasteiger partial charge is 0.269 e. The molecule has 2 aromatic heterocycles. The van der Waals surface area contributed by atoms with Crippen LogP contribution in [0.5, 0.6) is 0 Å². The van der Waals surface area contributed by atoms with Gasteiger partial charge in [0.2, 0.25) is 0 Å². The normalized spacial score (nSPS) is 11.4. The Balaban J connectivity index is 1.70. The zero-order valence-electron chi connectivity index (χ0n) is 14.2. The lowest BCUT2D eigenvalue weighted by Crippen LogP contribution is -2.26. The Morgan fingerprint density at radius 2 is 2.20 bits per heavy atom. The van der Waals surface area contributed by atoms with Crippen molar-refractivity contribution in [2.45, 2.75) is 26.4 Å². The number of fused-ring (bicyclic) bond motifs is 1. The number of amides is 1. The molecule has 0 fully saturated rings. The average molecular weight is 378 g/mol. The van der Waals surface area contributed by atoms with E-state index in [-0.39, 0.29) is 12.0 Å². The summed E-state index contributed by atoms with van der Waals surface area (Å²) in [5, 5.41) is 5.39. The molecular weight excluding hydrogens is 358 g/mol. The van der Waals surface area contributed by atoms with E-state index < -0.39 is 0 Å². The maximum absolute atomic E-state index is 12.4. The van der Waals surface area contributed by atoms with Crippen LogP contribution >= 0.6 is 22.9 Å². The van der Waals surface area contributed by atoms with Crippen molar-refractivity contribution in [3.8, 4) is 11.3 Å². The molecule has 1 amide bonds. The second-order valence-corrected chi connectivity index (χ2v) is 7.15. The van der Waals surface area contributed by atoms with Gasteiger partial charge in [-0.2, -0.15) is 0 Å². The number of thiazole rings is 1. The molecule has 3 rings (SSSR count). The zero-order valence-corrected chi connectivity index (χ0v) is 15.7. The average Bonchev–Trinajstić information content (AvgIpc) is 3.14. The Labute approximate surface area is 155 Å². The van der Waals surface area contributed by atoms with E-state index in [9.17, 15) is 4.79 Å². The quantitative estimate of drug-likeness (QED) is 0.626. The van der Waals surface area contributed by atoms with Gasteiger partial charge < -0.3 is 10.1 Å². The minimum atomic E-state index is -0.112. The zero-order chi connectivity index (χ0) is 17.8. The molecule has 0 saturated carbocycles. The van der Waals surface area contributed by atoms with Gasteiger partial charge in [0, 0.05) is 30.3 Å². The molecule has 0 unspecified atom stereocenters. The molecule has 3 aromatic rings. The molecule has 0 aliphatic heterocycles. The predicted molar refractivity (Wildman–Crippen MR) is 102 cm³/mol. The second kappa shape index (κ2) is 7.99. The third-order valence-electron chi connectivity index (χ3n) is 3.65. The first kappa shape index (κ1) is 17.9. The largest absolute Gasteiger partial charge is 0.379 e. The summed E-state index contributed by atoms with van der Waals surface area (Å²) in [7, 11) is 0. The van der Waals surface area contributed by atoms with E-state index in [1.165, 1.54) is 11.3 Å². The molecule has 25 heavy (non-hydrogen) atoms. The second-order valence-electron chi connectivity index (χ2n) is 5.91. The number of halogens is 1. The first-order valence-corrected chi connectivity index (χ1v) is 9.43. The number of carbonyl (C=O) groups excluding carboxylic acids is 1. The first-order chi connectivity index (χ1) is 12.1. The summed E-state index contributed by atoms with van der Waals surface area (Å²) >= 11 is 7.67. The minimum Gasteiger partial charge on any atom is -0.379 e. The van der Waals surface area contributed by atoms with Gasteiger partial charge in [-0.25, -0.2) is 4.98 Å². The van der Waals surface area contributed by atoms with Crippen LogP contribution in [-0.4, -0.2) is 34.5 Å². The molecule has 0 spiro atoms. The lowest BCUT2D eigenvalue weighted by molar-refractivity contribution is 0.0756. The molecule has 0 atom stereocenters. The van der Waals surface area contributed by atoms with Crippen LogP contribution in [0.4, 0.5) is 0 Å². The summed E-state index contributed by atoms with van der Waals surface area (Å²) in [5.41, 5.74) is 2.20. The van der Waals surface area contributed by atoms with Crippen LogP contribution < -0.4 is 5.32 Å². The Kier molecular flexibility index (Phi) is 5.73. The Morgan fingerprint density at radius 1 is 1.40 bits per heavy atom. The molecule has 0 radical (unpaired) electrons. The summed E-state index contributed by atoms with van der Waals surface area (Å²) in [6.07, 6.45) is 2.84. The number of ether oxygens (including phenoxy) is 1. The van der Waals surface area contributed by atoms with Gasteiger partial charge in [-0.05, 0) is 26.3 Å². The standard InChI is InChI=1S/C18H20ClN3O2S/c1-12(2)24-9-5-8-20-17(23)16-11-25-18-21-15(10-22(16)18)13-6-3-4-7-14(13)19/h3-4,6-7,10-12H,5,8-9H2,1-2H3,(H,20,23). The maximum atomic E-state index is 12.4. The molecule has 132 valence electrons. The maximum Gasteiger partial charge on any atom is 0.269 e. The monoisotopic (exact) mass is 377 g/mol. The lowest BCUT2D eigenvalue weighted by Gasteiger charge is -2.08. The van der Waals surface area contributed by atoms with Gasteiger partial charge >= 0.3 is 0 Å². The molecule has 0 saturated heterocycles. The van der Waals surface area contributed by atoms with Gasteiger partial charge in [-0.1, -0.05) is 29.8 Å². The van der Waals surface area contributed by atoms with Crippen LogP contribution in [0.3, 0.4) is 0 Å². The van der Waals surface area contributed by atoms with E-state index in [4.69, 9.17) is 16.3 Å². The number of carbonyl (C=O) groups is 1. The molecular formula is C18H20ClN3O2S. The minimum absolute atomic E-state index is 0.112. The van der Waals surface area contributed by atoms with Crippen molar-refractivity contribution >= 4 is 33.8 Å². The van der Waals surface area contributed by atoms with Gasteiger partial charge in [0.05, 0.1) is 16.8 Å². The van der Waals surface area contributed by atoms with Crippen molar-refractivity contribution in [1.82, 2.24) is 14.7 Å². The molecule has 7 heteroatoms. The SMILES string of the molecule is CC(C)OCCCNC(=O)c1csc2nc(-c3ccccc3Cl)cn12. The van der Waals surface area contributed by atoms with E-state index in [1.54, 1.807) is 0 Å². The Hall–Kier alpha value is -1.89. The van der Waals surface area contributed by atoms with E-state index in [1.807, 2.05) is 54.1 Å². The van der Waals surface area contributed by atoms with Crippen molar-refractivity contribution in [2.75, 3.05) is 13.2 Å². The number of imidazole rings is 1. The molecule has 0 aliphatic rings. The van der Waals surface area contributed by atoms with Crippen LogP contribution in [0.1, 0.15) is 30.8 Å². The third kappa shape index (κ3) is 4.21. The number of benzene rings is 1. The van der Waals surface area contributed by atoms with Gasteiger partial charge in [-0.3, -0.25) is 9.20 Å². The summed E-state index contributed by atoms with van der Waals surface area (Å²) in [5.74, 6) is -0.112. The van der Waals surface area contributed by atoms with Crippen molar-refractivity contribution in [2.24, 2.45) is 0 Å². The topological polar surface area (TPSA) is 55.6 Å². The van der Waals surface area contributed by atoms with Crippen molar-refractivity contribution in [3.63, 3.8) is 0 Å². The summed E-state index contributed by atoms with van der Waals surface area (Å²) < 4.78 is 7.28. The number of hydrogen-bond acceptors (Lipinski definition) is 4. The molecule has 5 nitrogen and oxygen atoms in total. The molecule has 0 bridgehead atoms. The van der Waals surface area contributed by atoms with Gasteiger partial charge in [0.15, 0.2) is 4.96 Å². The van der Waals surface area contributed by atoms with Crippen LogP contribution in [-0.2, 0) is 4.74 Å². The Morgan fingerprint density at radius 3 is 2.96 bits per heavy atom.